The maximum atomic E-state index is 11.0. The number of nitrogens with two attached hydrogens (primary N) is 1. The molecule has 1 aliphatic heterocycles. The molecule has 0 aliphatic carbocycles. The first kappa shape index (κ1) is 15.7. The Labute approximate surface area is 104 Å². The smallest absolute Gasteiger partial charge is 0.306 e. The van der Waals surface area contributed by atoms with Gasteiger partial charge in [0.15, 0.2) is 0 Å². The Balaban J connectivity index is 0.00000225. The van der Waals surface area contributed by atoms with Gasteiger partial charge in [0.25, 0.3) is 0 Å². The quantitative estimate of drug-likeness (QED) is 0.745. The standard InChI is InChI=1S/C11H22N2O2.ClH/c1-15-11(14)6-9-13-8-3-2-4-10(13)5-7-12;/h10H,2-9,12H2,1H3;1H. The Morgan fingerprint density at radius 2 is 2.25 bits per heavy atom. The summed E-state index contributed by atoms with van der Waals surface area (Å²) in [5.74, 6) is -0.118. The second-order valence-electron chi connectivity index (χ2n) is 4.09. The predicted molar refractivity (Wildman–Crippen MR) is 66.8 cm³/mol. The van der Waals surface area contributed by atoms with Crippen molar-refractivity contribution in [3.8, 4) is 0 Å². The molecule has 0 bridgehead atoms. The van der Waals surface area contributed by atoms with E-state index >= 15 is 0 Å². The number of rotatable bonds is 5. The van der Waals surface area contributed by atoms with E-state index in [0.717, 1.165) is 26.1 Å². The third-order valence-electron chi connectivity index (χ3n) is 3.08. The first-order valence-corrected chi connectivity index (χ1v) is 5.79. The molecule has 0 aromatic heterocycles. The Kier molecular flexibility index (Phi) is 8.61. The summed E-state index contributed by atoms with van der Waals surface area (Å²) in [4.78, 5) is 13.4. The van der Waals surface area contributed by atoms with Gasteiger partial charge in [-0.3, -0.25) is 9.69 Å². The molecule has 0 spiro atoms. The van der Waals surface area contributed by atoms with Crippen molar-refractivity contribution in [3.05, 3.63) is 0 Å². The van der Waals surface area contributed by atoms with Crippen LogP contribution in [0.5, 0.6) is 0 Å². The van der Waals surface area contributed by atoms with E-state index in [1.165, 1.54) is 26.4 Å². The van der Waals surface area contributed by atoms with Crippen molar-refractivity contribution in [2.24, 2.45) is 5.73 Å². The van der Waals surface area contributed by atoms with Gasteiger partial charge in [-0.2, -0.15) is 0 Å². The van der Waals surface area contributed by atoms with Crippen molar-refractivity contribution < 1.29 is 9.53 Å². The number of esters is 1. The summed E-state index contributed by atoms with van der Waals surface area (Å²) >= 11 is 0. The summed E-state index contributed by atoms with van der Waals surface area (Å²) in [6.07, 6.45) is 5.29. The molecule has 1 aliphatic rings. The molecule has 4 nitrogen and oxygen atoms in total. The average molecular weight is 251 g/mol. The maximum absolute atomic E-state index is 11.0. The molecule has 5 heteroatoms. The van der Waals surface area contributed by atoms with Gasteiger partial charge in [0.1, 0.15) is 0 Å². The summed E-state index contributed by atoms with van der Waals surface area (Å²) in [5, 5.41) is 0. The lowest BCUT2D eigenvalue weighted by molar-refractivity contribution is -0.141. The molecule has 1 atom stereocenters. The second-order valence-corrected chi connectivity index (χ2v) is 4.09. The molecule has 96 valence electrons. The number of methoxy groups -OCH3 is 1. The minimum atomic E-state index is -0.118. The maximum Gasteiger partial charge on any atom is 0.306 e. The van der Waals surface area contributed by atoms with Gasteiger partial charge in [-0.05, 0) is 32.4 Å². The lowest BCUT2D eigenvalue weighted by Crippen LogP contribution is -2.41. The van der Waals surface area contributed by atoms with Gasteiger partial charge in [-0.15, -0.1) is 12.4 Å². The van der Waals surface area contributed by atoms with Crippen molar-refractivity contribution in [1.82, 2.24) is 4.90 Å². The molecular weight excluding hydrogens is 228 g/mol. The molecular formula is C11H23ClN2O2. The Hall–Kier alpha value is -0.320. The van der Waals surface area contributed by atoms with Crippen LogP contribution in [0.4, 0.5) is 0 Å². The number of carbonyl (C=O) groups excluding carboxylic acids is 1. The van der Waals surface area contributed by atoms with E-state index in [1.54, 1.807) is 0 Å². The van der Waals surface area contributed by atoms with E-state index in [2.05, 4.69) is 9.64 Å². The fourth-order valence-electron chi connectivity index (χ4n) is 2.21. The number of hydrogen-bond donors (Lipinski definition) is 1. The predicted octanol–water partition coefficient (Wildman–Crippen LogP) is 1.17. The second kappa shape index (κ2) is 8.79. The van der Waals surface area contributed by atoms with Gasteiger partial charge in [-0.1, -0.05) is 6.42 Å². The number of likely N-dealkylation sites (tertiary alicyclic amines) is 1. The molecule has 0 amide bonds. The third-order valence-corrected chi connectivity index (χ3v) is 3.08. The van der Waals surface area contributed by atoms with Gasteiger partial charge in [-0.25, -0.2) is 0 Å². The zero-order valence-corrected chi connectivity index (χ0v) is 10.8. The normalized spacial score (nSPS) is 21.2. The topological polar surface area (TPSA) is 55.6 Å². The van der Waals surface area contributed by atoms with Gasteiger partial charge in [0.05, 0.1) is 13.5 Å². The van der Waals surface area contributed by atoms with Crippen LogP contribution in [-0.2, 0) is 9.53 Å². The molecule has 1 fully saturated rings. The third kappa shape index (κ3) is 5.14. The summed E-state index contributed by atoms with van der Waals surface area (Å²) in [5.41, 5.74) is 5.59. The van der Waals surface area contributed by atoms with Crippen LogP contribution < -0.4 is 5.73 Å². The number of halogens is 1. The van der Waals surface area contributed by atoms with Gasteiger partial charge in [0.2, 0.25) is 0 Å². The number of nitrogens with zero attached hydrogens (tertiary/aromatic N) is 1. The molecule has 0 aromatic rings. The molecule has 0 radical (unpaired) electrons. The van der Waals surface area contributed by atoms with Crippen molar-refractivity contribution in [2.45, 2.75) is 38.1 Å². The van der Waals surface area contributed by atoms with E-state index in [-0.39, 0.29) is 18.4 Å². The van der Waals surface area contributed by atoms with Crippen LogP contribution >= 0.6 is 12.4 Å². The minimum absolute atomic E-state index is 0. The van der Waals surface area contributed by atoms with E-state index < -0.39 is 0 Å². The van der Waals surface area contributed by atoms with Crippen molar-refractivity contribution in [1.29, 1.82) is 0 Å². The van der Waals surface area contributed by atoms with E-state index in [1.807, 2.05) is 0 Å². The van der Waals surface area contributed by atoms with Crippen LogP contribution in [0.15, 0.2) is 0 Å². The van der Waals surface area contributed by atoms with Crippen LogP contribution in [0.1, 0.15) is 32.1 Å². The molecule has 1 heterocycles. The first-order valence-electron chi connectivity index (χ1n) is 5.79. The molecule has 16 heavy (non-hydrogen) atoms. The average Bonchev–Trinajstić information content (AvgIpc) is 2.28. The van der Waals surface area contributed by atoms with Gasteiger partial charge < -0.3 is 10.5 Å². The monoisotopic (exact) mass is 250 g/mol. The molecule has 0 aromatic carbocycles. The Bertz CT molecular complexity index is 200. The molecule has 2 N–H and O–H groups in total. The fourth-order valence-corrected chi connectivity index (χ4v) is 2.21. The number of ether oxygens (including phenoxy) is 1. The van der Waals surface area contributed by atoms with Crippen molar-refractivity contribution in [2.75, 3.05) is 26.7 Å². The fraction of sp³-hybridized carbons (Fsp3) is 0.909. The van der Waals surface area contributed by atoms with Crippen LogP contribution in [0.2, 0.25) is 0 Å². The van der Waals surface area contributed by atoms with E-state index in [0.29, 0.717) is 12.5 Å². The highest BCUT2D eigenvalue weighted by Gasteiger charge is 2.21. The number of carbonyl (C=O) groups is 1. The van der Waals surface area contributed by atoms with Crippen LogP contribution in [-0.4, -0.2) is 43.7 Å². The summed E-state index contributed by atoms with van der Waals surface area (Å²) < 4.78 is 4.65. The number of hydrogen-bond acceptors (Lipinski definition) is 4. The van der Waals surface area contributed by atoms with Crippen LogP contribution in [0.3, 0.4) is 0 Å². The molecule has 1 unspecified atom stereocenters. The van der Waals surface area contributed by atoms with E-state index in [9.17, 15) is 4.79 Å². The van der Waals surface area contributed by atoms with Crippen LogP contribution in [0.25, 0.3) is 0 Å². The van der Waals surface area contributed by atoms with Crippen molar-refractivity contribution >= 4 is 18.4 Å². The highest BCUT2D eigenvalue weighted by Crippen LogP contribution is 2.19. The molecule has 1 saturated heterocycles. The summed E-state index contributed by atoms with van der Waals surface area (Å²) in [6.45, 7) is 2.65. The molecule has 1 rings (SSSR count). The number of piperidine rings is 1. The Morgan fingerprint density at radius 3 is 2.88 bits per heavy atom. The highest BCUT2D eigenvalue weighted by molar-refractivity contribution is 5.85. The SMILES string of the molecule is COC(=O)CCN1CCCCC1CCN.Cl. The summed E-state index contributed by atoms with van der Waals surface area (Å²) in [6, 6.07) is 0.577. The minimum Gasteiger partial charge on any atom is -0.469 e. The largest absolute Gasteiger partial charge is 0.469 e. The van der Waals surface area contributed by atoms with Crippen molar-refractivity contribution in [3.63, 3.8) is 0 Å². The Morgan fingerprint density at radius 1 is 1.50 bits per heavy atom. The zero-order valence-electron chi connectivity index (χ0n) is 9.98. The molecule has 0 saturated carbocycles. The van der Waals surface area contributed by atoms with Gasteiger partial charge in [0, 0.05) is 12.6 Å². The lowest BCUT2D eigenvalue weighted by atomic mass is 9.99. The zero-order chi connectivity index (χ0) is 11.1. The summed E-state index contributed by atoms with van der Waals surface area (Å²) in [7, 11) is 1.44. The van der Waals surface area contributed by atoms with E-state index in [4.69, 9.17) is 5.73 Å². The van der Waals surface area contributed by atoms with Gasteiger partial charge >= 0.3 is 5.97 Å². The highest BCUT2D eigenvalue weighted by atomic mass is 35.5. The lowest BCUT2D eigenvalue weighted by Gasteiger charge is -2.35. The van der Waals surface area contributed by atoms with Crippen LogP contribution in [0, 0.1) is 0 Å². The first-order chi connectivity index (χ1) is 7.27.